The molecule has 0 aromatic carbocycles. The van der Waals surface area contributed by atoms with Crippen LogP contribution in [0.3, 0.4) is 0 Å². The molecule has 4 aromatic heterocycles. The number of carbonyl (C=O) groups excluding carboxylic acids is 1. The van der Waals surface area contributed by atoms with E-state index in [1.165, 1.54) is 10.5 Å². The van der Waals surface area contributed by atoms with Gasteiger partial charge in [0.2, 0.25) is 5.92 Å². The molecule has 1 amide bonds. The van der Waals surface area contributed by atoms with Crippen LogP contribution in [0.5, 0.6) is 0 Å². The minimum Gasteiger partial charge on any atom is -0.345 e. The van der Waals surface area contributed by atoms with Gasteiger partial charge >= 0.3 is 0 Å². The Morgan fingerprint density at radius 3 is 2.82 bits per heavy atom. The Hall–Kier alpha value is -3.66. The van der Waals surface area contributed by atoms with Gasteiger partial charge < -0.3 is 15.0 Å². The standard InChI is InChI=1S/C24H24F2N6O2/c25-24(26)7-6-16(10-24)11-27-12-17-4-5-20-29-18(15-31(20)14-17)13-28-23(34)19-9-22(33)32-8-2-1-3-21(32)30-19/h1-5,8-9,14-16,27H,6-7,10-13H2,(H,28,34). The van der Waals surface area contributed by atoms with E-state index in [4.69, 9.17) is 0 Å². The van der Waals surface area contributed by atoms with Crippen molar-refractivity contribution in [2.75, 3.05) is 6.54 Å². The zero-order chi connectivity index (χ0) is 23.7. The number of fused-ring (bicyclic) bond motifs is 2. The molecular weight excluding hydrogens is 442 g/mol. The fourth-order valence-corrected chi connectivity index (χ4v) is 4.35. The van der Waals surface area contributed by atoms with Gasteiger partial charge in [0.1, 0.15) is 17.0 Å². The summed E-state index contributed by atoms with van der Waals surface area (Å²) in [4.78, 5) is 33.5. The van der Waals surface area contributed by atoms with Gasteiger partial charge in [0.15, 0.2) is 0 Å². The molecule has 0 aliphatic heterocycles. The van der Waals surface area contributed by atoms with Crippen molar-refractivity contribution >= 4 is 17.2 Å². The number of halogens is 2. The smallest absolute Gasteiger partial charge is 0.270 e. The van der Waals surface area contributed by atoms with Gasteiger partial charge in [-0.25, -0.2) is 18.7 Å². The molecular formula is C24H24F2N6O2. The van der Waals surface area contributed by atoms with E-state index in [2.05, 4.69) is 20.6 Å². The van der Waals surface area contributed by atoms with Crippen molar-refractivity contribution in [3.63, 3.8) is 0 Å². The third-order valence-electron chi connectivity index (χ3n) is 6.06. The van der Waals surface area contributed by atoms with Gasteiger partial charge in [0.25, 0.3) is 11.5 Å². The van der Waals surface area contributed by atoms with Crippen LogP contribution in [0.25, 0.3) is 11.3 Å². The van der Waals surface area contributed by atoms with Gasteiger partial charge in [0, 0.05) is 44.0 Å². The van der Waals surface area contributed by atoms with Crippen LogP contribution in [-0.2, 0) is 13.1 Å². The number of aromatic nitrogens is 4. The summed E-state index contributed by atoms with van der Waals surface area (Å²) in [5.74, 6) is -2.97. The second-order valence-electron chi connectivity index (χ2n) is 8.72. The van der Waals surface area contributed by atoms with Crippen molar-refractivity contribution in [2.45, 2.75) is 38.3 Å². The van der Waals surface area contributed by atoms with Gasteiger partial charge in [-0.3, -0.25) is 14.0 Å². The predicted molar refractivity (Wildman–Crippen MR) is 122 cm³/mol. The lowest BCUT2D eigenvalue weighted by molar-refractivity contribution is 0.00507. The first-order chi connectivity index (χ1) is 16.4. The molecule has 5 rings (SSSR count). The third kappa shape index (κ3) is 4.81. The van der Waals surface area contributed by atoms with Crippen molar-refractivity contribution in [2.24, 2.45) is 5.92 Å². The molecule has 34 heavy (non-hydrogen) atoms. The fourth-order valence-electron chi connectivity index (χ4n) is 4.35. The number of carbonyl (C=O) groups is 1. The average molecular weight is 466 g/mol. The normalized spacial score (nSPS) is 17.4. The minimum atomic E-state index is -2.52. The summed E-state index contributed by atoms with van der Waals surface area (Å²) in [5.41, 5.74) is 2.51. The number of pyridine rings is 2. The predicted octanol–water partition coefficient (Wildman–Crippen LogP) is 2.80. The summed E-state index contributed by atoms with van der Waals surface area (Å²) in [5, 5.41) is 6.03. The van der Waals surface area contributed by atoms with Crippen molar-refractivity contribution in [1.29, 1.82) is 0 Å². The van der Waals surface area contributed by atoms with E-state index in [-0.39, 0.29) is 36.6 Å². The van der Waals surface area contributed by atoms with Crippen LogP contribution in [-0.4, -0.2) is 37.1 Å². The summed E-state index contributed by atoms with van der Waals surface area (Å²) in [6, 6.07) is 10.1. The maximum atomic E-state index is 13.3. The molecule has 8 nitrogen and oxygen atoms in total. The number of nitrogens with zero attached hydrogens (tertiary/aromatic N) is 4. The molecule has 1 saturated carbocycles. The number of amides is 1. The molecule has 0 spiro atoms. The minimum absolute atomic E-state index is 0.00979. The summed E-state index contributed by atoms with van der Waals surface area (Å²) in [6.07, 6.45) is 5.83. The third-order valence-corrected chi connectivity index (χ3v) is 6.06. The fraction of sp³-hybridized carbons (Fsp3) is 0.333. The maximum Gasteiger partial charge on any atom is 0.270 e. The van der Waals surface area contributed by atoms with E-state index in [1.807, 2.05) is 28.9 Å². The van der Waals surface area contributed by atoms with Crippen molar-refractivity contribution in [3.8, 4) is 0 Å². The van der Waals surface area contributed by atoms with Crippen LogP contribution in [0.15, 0.2) is 59.8 Å². The van der Waals surface area contributed by atoms with Crippen LogP contribution in [0.2, 0.25) is 0 Å². The highest BCUT2D eigenvalue weighted by atomic mass is 19.3. The molecule has 4 heterocycles. The largest absolute Gasteiger partial charge is 0.345 e. The lowest BCUT2D eigenvalue weighted by Crippen LogP contribution is -2.27. The van der Waals surface area contributed by atoms with E-state index >= 15 is 0 Å². The first-order valence-electron chi connectivity index (χ1n) is 11.2. The number of alkyl halides is 2. The zero-order valence-electron chi connectivity index (χ0n) is 18.4. The highest BCUT2D eigenvalue weighted by Crippen LogP contribution is 2.38. The maximum absolute atomic E-state index is 13.3. The Labute approximate surface area is 193 Å². The van der Waals surface area contributed by atoms with E-state index in [0.29, 0.717) is 30.9 Å². The molecule has 176 valence electrons. The Morgan fingerprint density at radius 1 is 1.12 bits per heavy atom. The second-order valence-corrected chi connectivity index (χ2v) is 8.72. The summed E-state index contributed by atoms with van der Waals surface area (Å²) >= 11 is 0. The van der Waals surface area contributed by atoms with Crippen LogP contribution < -0.4 is 16.2 Å². The molecule has 1 aliphatic carbocycles. The molecule has 10 heteroatoms. The summed E-state index contributed by atoms with van der Waals surface area (Å²) in [6.45, 7) is 1.33. The lowest BCUT2D eigenvalue weighted by atomic mass is 10.1. The molecule has 1 fully saturated rings. The number of rotatable bonds is 7. The molecule has 2 N–H and O–H groups in total. The molecule has 1 atom stereocenters. The lowest BCUT2D eigenvalue weighted by Gasteiger charge is -2.12. The van der Waals surface area contributed by atoms with Crippen molar-refractivity contribution in [3.05, 3.63) is 82.3 Å². The molecule has 0 bridgehead atoms. The Kier molecular flexibility index (Phi) is 5.82. The van der Waals surface area contributed by atoms with Gasteiger partial charge in [-0.2, -0.15) is 0 Å². The van der Waals surface area contributed by atoms with Gasteiger partial charge in [0.05, 0.1) is 12.2 Å². The molecule has 1 aliphatic rings. The summed E-state index contributed by atoms with van der Waals surface area (Å²) in [7, 11) is 0. The van der Waals surface area contributed by atoms with Crippen LogP contribution in [0.1, 0.15) is 41.0 Å². The highest BCUT2D eigenvalue weighted by molar-refractivity contribution is 5.92. The Balaban J connectivity index is 1.19. The van der Waals surface area contributed by atoms with Crippen molar-refractivity contribution < 1.29 is 13.6 Å². The number of hydrogen-bond donors (Lipinski definition) is 2. The zero-order valence-corrected chi connectivity index (χ0v) is 18.4. The van der Waals surface area contributed by atoms with Gasteiger partial charge in [-0.15, -0.1) is 0 Å². The van der Waals surface area contributed by atoms with E-state index in [1.54, 1.807) is 24.4 Å². The van der Waals surface area contributed by atoms with Gasteiger partial charge in [-0.05, 0) is 42.6 Å². The first-order valence-corrected chi connectivity index (χ1v) is 11.2. The van der Waals surface area contributed by atoms with Crippen molar-refractivity contribution in [1.82, 2.24) is 29.4 Å². The SMILES string of the molecule is O=C(NCc1cn2cc(CNCC3CCC(F)(F)C3)ccc2n1)c1cc(=O)n2ccccc2n1. The molecule has 0 radical (unpaired) electrons. The number of hydrogen-bond acceptors (Lipinski definition) is 5. The average Bonchev–Trinajstić information content (AvgIpc) is 3.39. The van der Waals surface area contributed by atoms with E-state index in [0.717, 1.165) is 11.2 Å². The van der Waals surface area contributed by atoms with E-state index < -0.39 is 11.8 Å². The number of imidazole rings is 1. The highest BCUT2D eigenvalue weighted by Gasteiger charge is 2.38. The monoisotopic (exact) mass is 466 g/mol. The Bertz CT molecular complexity index is 1410. The van der Waals surface area contributed by atoms with Crippen LogP contribution in [0.4, 0.5) is 8.78 Å². The topological polar surface area (TPSA) is 92.8 Å². The first kappa shape index (κ1) is 22.1. The van der Waals surface area contributed by atoms with Crippen LogP contribution in [0, 0.1) is 5.92 Å². The molecule has 4 aromatic rings. The molecule has 0 saturated heterocycles. The van der Waals surface area contributed by atoms with Crippen LogP contribution >= 0.6 is 0 Å². The Morgan fingerprint density at radius 2 is 2.00 bits per heavy atom. The number of nitrogens with one attached hydrogen (secondary N) is 2. The van der Waals surface area contributed by atoms with Gasteiger partial charge in [-0.1, -0.05) is 12.1 Å². The second kappa shape index (κ2) is 8.94. The summed E-state index contributed by atoms with van der Waals surface area (Å²) < 4.78 is 29.9. The quantitative estimate of drug-likeness (QED) is 0.437. The molecule has 1 unspecified atom stereocenters. The van der Waals surface area contributed by atoms with E-state index in [9.17, 15) is 18.4 Å².